The highest BCUT2D eigenvalue weighted by Gasteiger charge is 2.18. The maximum Gasteiger partial charge on any atom is 0.260 e. The van der Waals surface area contributed by atoms with Crippen LogP contribution in [-0.2, 0) is 0 Å². The highest BCUT2D eigenvalue weighted by Crippen LogP contribution is 2.27. The van der Waals surface area contributed by atoms with E-state index in [1.807, 2.05) is 37.3 Å². The number of amides is 1. The maximum absolute atomic E-state index is 12.7. The number of anilines is 1. The van der Waals surface area contributed by atoms with Crippen molar-refractivity contribution in [3.8, 4) is 22.8 Å². The topological polar surface area (TPSA) is 86.5 Å². The van der Waals surface area contributed by atoms with Gasteiger partial charge in [0.1, 0.15) is 11.5 Å². The quantitative estimate of drug-likeness (QED) is 0.547. The number of aromatic nitrogens is 2. The molecule has 3 aromatic rings. The third-order valence-electron chi connectivity index (χ3n) is 4.05. The lowest BCUT2D eigenvalue weighted by atomic mass is 10.1. The van der Waals surface area contributed by atoms with Crippen molar-refractivity contribution in [2.75, 3.05) is 18.5 Å². The van der Waals surface area contributed by atoms with Crippen molar-refractivity contribution in [2.45, 2.75) is 26.7 Å². The first-order chi connectivity index (χ1) is 13.7. The number of rotatable bonds is 9. The lowest BCUT2D eigenvalue weighted by Gasteiger charge is -2.09. The SMILES string of the molecule is CCCCOc1ccc(-c2nonc2NC(=O)c2ccccc2OCC)cc1. The predicted molar refractivity (Wildman–Crippen MR) is 106 cm³/mol. The van der Waals surface area contributed by atoms with Gasteiger partial charge in [-0.1, -0.05) is 25.5 Å². The van der Waals surface area contributed by atoms with Gasteiger partial charge in [0.2, 0.25) is 5.82 Å². The van der Waals surface area contributed by atoms with Gasteiger partial charge in [0.05, 0.1) is 18.8 Å². The van der Waals surface area contributed by atoms with E-state index >= 15 is 0 Å². The highest BCUT2D eigenvalue weighted by molar-refractivity contribution is 6.07. The molecule has 2 aromatic carbocycles. The van der Waals surface area contributed by atoms with Crippen molar-refractivity contribution in [3.05, 3.63) is 54.1 Å². The van der Waals surface area contributed by atoms with Gasteiger partial charge in [0.15, 0.2) is 5.69 Å². The summed E-state index contributed by atoms with van der Waals surface area (Å²) in [7, 11) is 0. The van der Waals surface area contributed by atoms with Crippen molar-refractivity contribution in [1.82, 2.24) is 10.3 Å². The van der Waals surface area contributed by atoms with Crippen LogP contribution in [0.3, 0.4) is 0 Å². The normalized spacial score (nSPS) is 10.5. The number of ether oxygens (including phenoxy) is 2. The number of nitrogens with zero attached hydrogens (tertiary/aromatic N) is 2. The monoisotopic (exact) mass is 381 g/mol. The first kappa shape index (κ1) is 19.4. The van der Waals surface area contributed by atoms with Crippen LogP contribution < -0.4 is 14.8 Å². The summed E-state index contributed by atoms with van der Waals surface area (Å²) in [5.41, 5.74) is 1.62. The number of nitrogens with one attached hydrogen (secondary N) is 1. The van der Waals surface area contributed by atoms with E-state index < -0.39 is 0 Å². The maximum atomic E-state index is 12.7. The number of carbonyl (C=O) groups excluding carboxylic acids is 1. The molecular weight excluding hydrogens is 358 g/mol. The van der Waals surface area contributed by atoms with Crippen LogP contribution in [0.5, 0.6) is 11.5 Å². The van der Waals surface area contributed by atoms with E-state index in [0.29, 0.717) is 30.2 Å². The molecule has 28 heavy (non-hydrogen) atoms. The van der Waals surface area contributed by atoms with Gasteiger partial charge in [-0.25, -0.2) is 4.63 Å². The second kappa shape index (κ2) is 9.55. The molecule has 1 aromatic heterocycles. The van der Waals surface area contributed by atoms with Crippen LogP contribution in [0, 0.1) is 0 Å². The van der Waals surface area contributed by atoms with Crippen molar-refractivity contribution >= 4 is 11.7 Å². The van der Waals surface area contributed by atoms with Crippen LogP contribution in [0.4, 0.5) is 5.82 Å². The summed E-state index contributed by atoms with van der Waals surface area (Å²) in [5.74, 6) is 1.19. The Bertz CT molecular complexity index is 906. The van der Waals surface area contributed by atoms with Crippen molar-refractivity contribution in [1.29, 1.82) is 0 Å². The molecule has 7 nitrogen and oxygen atoms in total. The number of carbonyl (C=O) groups is 1. The molecule has 0 aliphatic rings. The Kier molecular flexibility index (Phi) is 6.62. The third-order valence-corrected chi connectivity index (χ3v) is 4.05. The Hall–Kier alpha value is -3.35. The molecule has 0 unspecified atom stereocenters. The molecule has 0 aliphatic carbocycles. The Balaban J connectivity index is 1.74. The first-order valence-corrected chi connectivity index (χ1v) is 9.32. The van der Waals surface area contributed by atoms with E-state index in [9.17, 15) is 4.79 Å². The first-order valence-electron chi connectivity index (χ1n) is 9.32. The summed E-state index contributed by atoms with van der Waals surface area (Å²) in [6.07, 6.45) is 2.09. The number of benzene rings is 2. The zero-order valence-corrected chi connectivity index (χ0v) is 16.0. The van der Waals surface area contributed by atoms with E-state index in [1.165, 1.54) is 0 Å². The third kappa shape index (κ3) is 4.68. The van der Waals surface area contributed by atoms with Crippen molar-refractivity contribution in [3.63, 3.8) is 0 Å². The van der Waals surface area contributed by atoms with Crippen LogP contribution in [0.25, 0.3) is 11.3 Å². The lowest BCUT2D eigenvalue weighted by Crippen LogP contribution is -2.14. The summed E-state index contributed by atoms with van der Waals surface area (Å²) in [6.45, 7) is 5.13. The number of hydrogen-bond donors (Lipinski definition) is 1. The minimum absolute atomic E-state index is 0.246. The number of hydrogen-bond acceptors (Lipinski definition) is 6. The second-order valence-electron chi connectivity index (χ2n) is 6.07. The molecule has 0 saturated carbocycles. The van der Waals surface area contributed by atoms with Gasteiger partial charge < -0.3 is 14.8 Å². The fourth-order valence-corrected chi connectivity index (χ4v) is 2.61. The smallest absolute Gasteiger partial charge is 0.260 e. The summed E-state index contributed by atoms with van der Waals surface area (Å²) in [4.78, 5) is 12.7. The largest absolute Gasteiger partial charge is 0.494 e. The predicted octanol–water partition coefficient (Wildman–Crippen LogP) is 4.57. The molecule has 7 heteroatoms. The van der Waals surface area contributed by atoms with Gasteiger partial charge in [0, 0.05) is 5.56 Å². The van der Waals surface area contributed by atoms with Crippen molar-refractivity contribution in [2.24, 2.45) is 0 Å². The molecule has 1 heterocycles. The molecule has 0 fully saturated rings. The van der Waals surface area contributed by atoms with E-state index in [4.69, 9.17) is 14.1 Å². The second-order valence-corrected chi connectivity index (χ2v) is 6.07. The molecule has 1 N–H and O–H groups in total. The molecular formula is C21H23N3O4. The minimum Gasteiger partial charge on any atom is -0.494 e. The lowest BCUT2D eigenvalue weighted by molar-refractivity contribution is 0.102. The van der Waals surface area contributed by atoms with E-state index in [0.717, 1.165) is 24.2 Å². The van der Waals surface area contributed by atoms with E-state index in [1.54, 1.807) is 18.2 Å². The molecule has 3 rings (SSSR count). The molecule has 1 amide bonds. The van der Waals surface area contributed by atoms with Gasteiger partial charge in [-0.3, -0.25) is 4.79 Å². The van der Waals surface area contributed by atoms with Gasteiger partial charge in [0.25, 0.3) is 5.91 Å². The molecule has 146 valence electrons. The summed E-state index contributed by atoms with van der Waals surface area (Å²) < 4.78 is 16.0. The highest BCUT2D eigenvalue weighted by atomic mass is 16.6. The Morgan fingerprint density at radius 2 is 1.82 bits per heavy atom. The average molecular weight is 381 g/mol. The zero-order valence-electron chi connectivity index (χ0n) is 16.0. The van der Waals surface area contributed by atoms with Crippen LogP contribution in [0.15, 0.2) is 53.2 Å². The molecule has 0 atom stereocenters. The van der Waals surface area contributed by atoms with Crippen LogP contribution in [0.1, 0.15) is 37.0 Å². The van der Waals surface area contributed by atoms with E-state index in [2.05, 4.69) is 22.6 Å². The summed E-state index contributed by atoms with van der Waals surface area (Å²) in [6, 6.07) is 14.4. The molecule has 0 radical (unpaired) electrons. The Morgan fingerprint density at radius 1 is 1.04 bits per heavy atom. The van der Waals surface area contributed by atoms with Gasteiger partial charge in [-0.05, 0) is 60.1 Å². The van der Waals surface area contributed by atoms with Gasteiger partial charge >= 0.3 is 0 Å². The Labute approximate surface area is 163 Å². The molecule has 0 saturated heterocycles. The average Bonchev–Trinajstić information content (AvgIpc) is 3.17. The molecule has 0 aliphatic heterocycles. The number of para-hydroxylation sites is 1. The summed E-state index contributed by atoms with van der Waals surface area (Å²) >= 11 is 0. The van der Waals surface area contributed by atoms with Gasteiger partial charge in [-0.2, -0.15) is 0 Å². The van der Waals surface area contributed by atoms with Crippen LogP contribution in [0.2, 0.25) is 0 Å². The van der Waals surface area contributed by atoms with E-state index in [-0.39, 0.29) is 11.7 Å². The number of unbranched alkanes of at least 4 members (excludes halogenated alkanes) is 1. The van der Waals surface area contributed by atoms with Crippen molar-refractivity contribution < 1.29 is 18.9 Å². The fraction of sp³-hybridized carbons (Fsp3) is 0.286. The molecule has 0 bridgehead atoms. The van der Waals surface area contributed by atoms with Crippen LogP contribution >= 0.6 is 0 Å². The standard InChI is InChI=1S/C21H23N3O4/c1-3-5-14-27-16-12-10-15(11-13-16)19-20(24-28-23-19)22-21(25)17-8-6-7-9-18(17)26-4-2/h6-13H,3-5,14H2,1-2H3,(H,22,24,25). The fourth-order valence-electron chi connectivity index (χ4n) is 2.61. The minimum atomic E-state index is -0.347. The zero-order chi connectivity index (χ0) is 19.8. The summed E-state index contributed by atoms with van der Waals surface area (Å²) in [5, 5.41) is 10.5. The van der Waals surface area contributed by atoms with Crippen LogP contribution in [-0.4, -0.2) is 29.4 Å². The molecule has 0 spiro atoms. The van der Waals surface area contributed by atoms with Gasteiger partial charge in [-0.15, -0.1) is 0 Å². The Morgan fingerprint density at radius 3 is 2.57 bits per heavy atom.